The molecule has 3 nitrogen and oxygen atoms in total. The van der Waals surface area contributed by atoms with Crippen LogP contribution in [0.4, 0.5) is 0 Å². The molecule has 2 unspecified atom stereocenters. The van der Waals surface area contributed by atoms with Crippen LogP contribution in [0.25, 0.3) is 0 Å². The number of nitrogens with one attached hydrogen (secondary N) is 1. The van der Waals surface area contributed by atoms with Crippen molar-refractivity contribution in [2.45, 2.75) is 31.2 Å². The minimum absolute atomic E-state index is 0.490. The summed E-state index contributed by atoms with van der Waals surface area (Å²) in [4.78, 5) is 0. The lowest BCUT2D eigenvalue weighted by molar-refractivity contribution is 0.0594. The number of likely N-dealkylation sites (N-methyl/N-ethyl adjacent to an activating group) is 1. The van der Waals surface area contributed by atoms with Gasteiger partial charge in [0.25, 0.3) is 0 Å². The molecule has 2 atom stereocenters. The largest absolute Gasteiger partial charge is 0.493 e. The fourth-order valence-electron chi connectivity index (χ4n) is 3.35. The first-order valence-electron chi connectivity index (χ1n) is 7.35. The zero-order chi connectivity index (χ0) is 13.1. The van der Waals surface area contributed by atoms with Crippen LogP contribution in [0.1, 0.15) is 30.7 Å². The Morgan fingerprint density at radius 1 is 1.26 bits per heavy atom. The predicted octanol–water partition coefficient (Wildman–Crippen LogP) is 2.57. The molecule has 0 bridgehead atoms. The molecular formula is C16H23NO2. The molecule has 1 aromatic rings. The van der Waals surface area contributed by atoms with E-state index < -0.39 is 0 Å². The van der Waals surface area contributed by atoms with Gasteiger partial charge in [-0.05, 0) is 38.3 Å². The molecule has 2 heterocycles. The van der Waals surface area contributed by atoms with Crippen molar-refractivity contribution in [3.8, 4) is 5.75 Å². The Labute approximate surface area is 115 Å². The Morgan fingerprint density at radius 3 is 2.84 bits per heavy atom. The molecule has 2 aliphatic heterocycles. The van der Waals surface area contributed by atoms with Crippen molar-refractivity contribution < 1.29 is 9.47 Å². The van der Waals surface area contributed by atoms with E-state index in [1.807, 2.05) is 6.07 Å². The Morgan fingerprint density at radius 2 is 2.05 bits per heavy atom. The maximum absolute atomic E-state index is 5.82. The smallest absolute Gasteiger partial charge is 0.122 e. The molecule has 3 rings (SSSR count). The Balaban J connectivity index is 1.69. The van der Waals surface area contributed by atoms with Crippen molar-refractivity contribution in [3.63, 3.8) is 0 Å². The van der Waals surface area contributed by atoms with Crippen LogP contribution in [0.2, 0.25) is 0 Å². The summed E-state index contributed by atoms with van der Waals surface area (Å²) in [7, 11) is 2.07. The second-order valence-electron chi connectivity index (χ2n) is 5.64. The van der Waals surface area contributed by atoms with Gasteiger partial charge < -0.3 is 14.8 Å². The lowest BCUT2D eigenvalue weighted by Crippen LogP contribution is -2.36. The molecule has 0 radical (unpaired) electrons. The highest BCUT2D eigenvalue weighted by molar-refractivity contribution is 5.40. The third-order valence-corrected chi connectivity index (χ3v) is 4.52. The first kappa shape index (κ1) is 12.9. The summed E-state index contributed by atoms with van der Waals surface area (Å²) in [6.45, 7) is 2.67. The normalized spacial score (nSPS) is 24.8. The monoisotopic (exact) mass is 261 g/mol. The number of para-hydroxylation sites is 1. The van der Waals surface area contributed by atoms with Gasteiger partial charge in [-0.15, -0.1) is 0 Å². The van der Waals surface area contributed by atoms with Gasteiger partial charge in [0.15, 0.2) is 0 Å². The molecule has 3 heteroatoms. The summed E-state index contributed by atoms with van der Waals surface area (Å²) in [6.07, 6.45) is 3.63. The van der Waals surface area contributed by atoms with Gasteiger partial charge in [-0.2, -0.15) is 0 Å². The SMILES string of the molecule is CNC(CC1CCOCC1)C1COc2ccccc21. The zero-order valence-electron chi connectivity index (χ0n) is 11.6. The van der Waals surface area contributed by atoms with Gasteiger partial charge in [-0.1, -0.05) is 18.2 Å². The standard InChI is InChI=1S/C16H23NO2/c1-17-15(10-12-6-8-18-9-7-12)14-11-19-16-5-3-2-4-13(14)16/h2-5,12,14-15,17H,6-11H2,1H3. The highest BCUT2D eigenvalue weighted by Crippen LogP contribution is 2.37. The van der Waals surface area contributed by atoms with Crippen LogP contribution in [0.5, 0.6) is 5.75 Å². The van der Waals surface area contributed by atoms with Crippen molar-refractivity contribution in [2.24, 2.45) is 5.92 Å². The number of fused-ring (bicyclic) bond motifs is 1. The fraction of sp³-hybridized carbons (Fsp3) is 0.625. The van der Waals surface area contributed by atoms with Crippen LogP contribution < -0.4 is 10.1 Å². The average molecular weight is 261 g/mol. The van der Waals surface area contributed by atoms with Crippen LogP contribution in [-0.2, 0) is 4.74 Å². The molecule has 104 valence electrons. The molecular weight excluding hydrogens is 238 g/mol. The maximum Gasteiger partial charge on any atom is 0.122 e. The number of ether oxygens (including phenoxy) is 2. The van der Waals surface area contributed by atoms with Gasteiger partial charge in [0.05, 0.1) is 6.61 Å². The van der Waals surface area contributed by atoms with E-state index in [0.29, 0.717) is 12.0 Å². The molecule has 0 saturated carbocycles. The first-order chi connectivity index (χ1) is 9.38. The first-order valence-corrected chi connectivity index (χ1v) is 7.35. The second-order valence-corrected chi connectivity index (χ2v) is 5.64. The molecule has 2 aliphatic rings. The molecule has 1 fully saturated rings. The highest BCUT2D eigenvalue weighted by atomic mass is 16.5. The molecule has 0 aromatic heterocycles. The summed E-state index contributed by atoms with van der Waals surface area (Å²) in [6, 6.07) is 8.96. The van der Waals surface area contributed by atoms with Gasteiger partial charge in [0.1, 0.15) is 5.75 Å². The lowest BCUT2D eigenvalue weighted by atomic mass is 9.84. The summed E-state index contributed by atoms with van der Waals surface area (Å²) < 4.78 is 11.3. The third-order valence-electron chi connectivity index (χ3n) is 4.52. The van der Waals surface area contributed by atoms with E-state index in [1.165, 1.54) is 24.8 Å². The molecule has 0 amide bonds. The van der Waals surface area contributed by atoms with E-state index >= 15 is 0 Å². The van der Waals surface area contributed by atoms with E-state index in [9.17, 15) is 0 Å². The minimum atomic E-state index is 0.490. The van der Waals surface area contributed by atoms with Gasteiger partial charge in [-0.25, -0.2) is 0 Å². The van der Waals surface area contributed by atoms with Gasteiger partial charge in [0.2, 0.25) is 0 Å². The summed E-state index contributed by atoms with van der Waals surface area (Å²) in [5.74, 6) is 2.35. The fourth-order valence-corrected chi connectivity index (χ4v) is 3.35. The second kappa shape index (κ2) is 5.93. The van der Waals surface area contributed by atoms with E-state index in [4.69, 9.17) is 9.47 Å². The van der Waals surface area contributed by atoms with E-state index in [0.717, 1.165) is 31.5 Å². The van der Waals surface area contributed by atoms with Crippen molar-refractivity contribution in [3.05, 3.63) is 29.8 Å². The van der Waals surface area contributed by atoms with Crippen LogP contribution in [0, 0.1) is 5.92 Å². The zero-order valence-corrected chi connectivity index (χ0v) is 11.6. The van der Waals surface area contributed by atoms with Crippen LogP contribution in [0.15, 0.2) is 24.3 Å². The van der Waals surface area contributed by atoms with E-state index in [1.54, 1.807) is 0 Å². The van der Waals surface area contributed by atoms with Crippen molar-refractivity contribution in [1.82, 2.24) is 5.32 Å². The Bertz CT molecular complexity index is 415. The third kappa shape index (κ3) is 2.77. The molecule has 19 heavy (non-hydrogen) atoms. The average Bonchev–Trinajstić information content (AvgIpc) is 2.90. The summed E-state index contributed by atoms with van der Waals surface area (Å²) in [5, 5.41) is 3.51. The molecule has 0 aliphatic carbocycles. The van der Waals surface area contributed by atoms with Gasteiger partial charge >= 0.3 is 0 Å². The summed E-state index contributed by atoms with van der Waals surface area (Å²) in [5.41, 5.74) is 1.37. The summed E-state index contributed by atoms with van der Waals surface area (Å²) >= 11 is 0. The molecule has 1 saturated heterocycles. The number of hydrogen-bond donors (Lipinski definition) is 1. The minimum Gasteiger partial charge on any atom is -0.493 e. The van der Waals surface area contributed by atoms with Crippen LogP contribution in [0.3, 0.4) is 0 Å². The molecule has 1 N–H and O–H groups in total. The Kier molecular flexibility index (Phi) is 4.04. The lowest BCUT2D eigenvalue weighted by Gasteiger charge is -2.29. The van der Waals surface area contributed by atoms with Gasteiger partial charge in [-0.3, -0.25) is 0 Å². The van der Waals surface area contributed by atoms with Crippen molar-refractivity contribution >= 4 is 0 Å². The van der Waals surface area contributed by atoms with Crippen LogP contribution in [-0.4, -0.2) is 32.9 Å². The van der Waals surface area contributed by atoms with E-state index in [2.05, 4.69) is 30.6 Å². The number of rotatable bonds is 4. The topological polar surface area (TPSA) is 30.5 Å². The molecule has 1 aromatic carbocycles. The number of benzene rings is 1. The maximum atomic E-state index is 5.82. The van der Waals surface area contributed by atoms with Gasteiger partial charge in [0, 0.05) is 30.7 Å². The highest BCUT2D eigenvalue weighted by Gasteiger charge is 2.32. The van der Waals surface area contributed by atoms with Crippen molar-refractivity contribution in [1.29, 1.82) is 0 Å². The molecule has 0 spiro atoms. The van der Waals surface area contributed by atoms with Crippen LogP contribution >= 0.6 is 0 Å². The number of hydrogen-bond acceptors (Lipinski definition) is 3. The quantitative estimate of drug-likeness (QED) is 0.903. The predicted molar refractivity (Wildman–Crippen MR) is 75.7 cm³/mol. The van der Waals surface area contributed by atoms with E-state index in [-0.39, 0.29) is 0 Å². The van der Waals surface area contributed by atoms with Crippen molar-refractivity contribution in [2.75, 3.05) is 26.9 Å². The Hall–Kier alpha value is -1.06.